The summed E-state index contributed by atoms with van der Waals surface area (Å²) < 4.78 is 41.7. The monoisotopic (exact) mass is 586 g/mol. The van der Waals surface area contributed by atoms with E-state index in [4.69, 9.17) is 23.3 Å². The van der Waals surface area contributed by atoms with Crippen molar-refractivity contribution < 1.29 is 37.2 Å². The van der Waals surface area contributed by atoms with Crippen molar-refractivity contribution in [2.24, 2.45) is 0 Å². The molecule has 0 bridgehead atoms. The number of pyridine rings is 1. The lowest BCUT2D eigenvalue weighted by Crippen LogP contribution is -2.28. The summed E-state index contributed by atoms with van der Waals surface area (Å²) in [6.07, 6.45) is 5.17. The molecule has 0 N–H and O–H groups in total. The van der Waals surface area contributed by atoms with E-state index in [0.29, 0.717) is 22.8 Å². The van der Waals surface area contributed by atoms with Crippen LogP contribution in [0, 0.1) is 5.82 Å². The van der Waals surface area contributed by atoms with Crippen molar-refractivity contribution in [2.45, 2.75) is 20.4 Å². The van der Waals surface area contributed by atoms with Gasteiger partial charge in [0.15, 0.2) is 25.2 Å². The zero-order valence-electron chi connectivity index (χ0n) is 23.8. The van der Waals surface area contributed by atoms with E-state index < -0.39 is 14.3 Å². The first-order valence-corrected chi connectivity index (χ1v) is 14.2. The first-order valence-electron chi connectivity index (χ1n) is 12.8. The smallest absolute Gasteiger partial charge is 0.258 e. The van der Waals surface area contributed by atoms with Gasteiger partial charge in [0.25, 0.3) is 5.91 Å². The summed E-state index contributed by atoms with van der Waals surface area (Å²) in [5.74, 6) is -0.700. The highest BCUT2D eigenvalue weighted by molar-refractivity contribution is 7.47. The van der Waals surface area contributed by atoms with E-state index in [1.165, 1.54) is 30.3 Å². The number of carbonyl (C=O) groups excluding carboxylic acids is 2. The maximum atomic E-state index is 13.9. The Hall–Kier alpha value is -3.69. The molecule has 0 saturated heterocycles. The summed E-state index contributed by atoms with van der Waals surface area (Å²) >= 11 is 0. The molecule has 0 radical (unpaired) electrons. The average molecular weight is 587 g/mol. The molecule has 220 valence electrons. The third-order valence-corrected chi connectivity index (χ3v) is 6.54. The minimum absolute atomic E-state index is 0.0244. The quantitative estimate of drug-likeness (QED) is 0.0810. The lowest BCUT2D eigenvalue weighted by molar-refractivity contribution is 0.0512. The number of aldehydes is 1. The van der Waals surface area contributed by atoms with Crippen molar-refractivity contribution >= 4 is 31.5 Å². The van der Waals surface area contributed by atoms with Crippen molar-refractivity contribution in [3.8, 4) is 11.5 Å². The zero-order chi connectivity index (χ0) is 30.2. The molecule has 0 atom stereocenters. The second-order valence-corrected chi connectivity index (χ2v) is 9.52. The molecule has 0 aliphatic heterocycles. The number of carbonyl (C=O) groups is 2. The summed E-state index contributed by atoms with van der Waals surface area (Å²) in [5.41, 5.74) is 0.934. The fourth-order valence-corrected chi connectivity index (χ4v) is 4.63. The van der Waals surface area contributed by atoms with Crippen molar-refractivity contribution in [2.75, 3.05) is 40.5 Å². The lowest BCUT2D eigenvalue weighted by Gasteiger charge is -2.24. The molecule has 1 amide bonds. The summed E-state index contributed by atoms with van der Waals surface area (Å²) in [7, 11) is 1.45. The van der Waals surface area contributed by atoms with E-state index in [9.17, 15) is 14.0 Å². The Morgan fingerprint density at radius 3 is 2.29 bits per heavy atom. The first-order chi connectivity index (χ1) is 19.9. The Kier molecular flexibility index (Phi) is 14.6. The molecule has 0 aliphatic rings. The van der Waals surface area contributed by atoms with Crippen molar-refractivity contribution in [1.29, 1.82) is 0 Å². The van der Waals surface area contributed by atoms with Crippen molar-refractivity contribution in [3.05, 3.63) is 90.4 Å². The van der Waals surface area contributed by atoms with Crippen LogP contribution in [-0.2, 0) is 20.3 Å². The number of amides is 1. The molecule has 11 heteroatoms. The predicted octanol–water partition coefficient (Wildman–Crippen LogP) is 6.52. The van der Waals surface area contributed by atoms with E-state index in [1.807, 2.05) is 13.8 Å². The van der Waals surface area contributed by atoms with E-state index >= 15 is 0 Å². The van der Waals surface area contributed by atoms with Crippen LogP contribution in [0.3, 0.4) is 0 Å². The number of aromatic nitrogens is 1. The van der Waals surface area contributed by atoms with E-state index in [2.05, 4.69) is 18.1 Å². The Balaban J connectivity index is 0.00000287. The molecule has 2 aromatic carbocycles. The fraction of sp³-hybridized carbons (Fsp3) is 0.300. The third-order valence-electron chi connectivity index (χ3n) is 5.33. The molecule has 3 rings (SSSR count). The number of ether oxygens (including phenoxy) is 3. The largest absolute Gasteiger partial charge is 0.483 e. The van der Waals surface area contributed by atoms with Crippen LogP contribution in [0.25, 0.3) is 10.9 Å². The van der Waals surface area contributed by atoms with Crippen LogP contribution < -0.4 is 9.47 Å². The molecular formula is C30H36FN2O7P. The molecule has 1 heterocycles. The number of halogens is 1. The van der Waals surface area contributed by atoms with Gasteiger partial charge in [-0.15, -0.1) is 13.2 Å². The Morgan fingerprint density at radius 2 is 1.71 bits per heavy atom. The first kappa shape index (κ1) is 33.5. The van der Waals surface area contributed by atoms with Gasteiger partial charge in [-0.05, 0) is 29.8 Å². The number of rotatable bonds is 16. The highest BCUT2D eigenvalue weighted by Gasteiger charge is 2.30. The van der Waals surface area contributed by atoms with Crippen LogP contribution in [0.4, 0.5) is 4.39 Å². The number of methoxy groups -OCH3 is 1. The molecule has 0 aliphatic carbocycles. The van der Waals surface area contributed by atoms with Crippen LogP contribution in [0.1, 0.15) is 40.1 Å². The summed E-state index contributed by atoms with van der Waals surface area (Å²) in [6.45, 7) is 11.7. The molecular weight excluding hydrogens is 550 g/mol. The van der Waals surface area contributed by atoms with Crippen molar-refractivity contribution in [1.82, 2.24) is 9.88 Å². The van der Waals surface area contributed by atoms with Gasteiger partial charge in [-0.25, -0.2) is 4.39 Å². The maximum Gasteiger partial charge on any atom is 0.258 e. The van der Waals surface area contributed by atoms with Crippen LogP contribution in [-0.4, -0.2) is 62.6 Å². The normalized spacial score (nSPS) is 10.5. The number of hydrogen-bond acceptors (Lipinski definition) is 8. The van der Waals surface area contributed by atoms with Crippen LogP contribution >= 0.6 is 8.38 Å². The number of fused-ring (bicyclic) bond motifs is 1. The van der Waals surface area contributed by atoms with Gasteiger partial charge in [-0.2, -0.15) is 0 Å². The number of nitrogens with zero attached hydrogens (tertiary/aromatic N) is 2. The van der Waals surface area contributed by atoms with Crippen LogP contribution in [0.2, 0.25) is 0 Å². The van der Waals surface area contributed by atoms with Gasteiger partial charge in [0.05, 0.1) is 24.3 Å². The van der Waals surface area contributed by atoms with Gasteiger partial charge < -0.3 is 28.2 Å². The molecule has 3 aromatic rings. The minimum Gasteiger partial charge on any atom is -0.483 e. The molecule has 0 fully saturated rings. The molecule has 0 saturated carbocycles. The van der Waals surface area contributed by atoms with Gasteiger partial charge in [0.2, 0.25) is 8.38 Å². The highest BCUT2D eigenvalue weighted by Crippen LogP contribution is 2.44. The van der Waals surface area contributed by atoms with Gasteiger partial charge in [-0.1, -0.05) is 38.1 Å². The number of hydrogen-bond donors (Lipinski definition) is 0. The second-order valence-electron chi connectivity index (χ2n) is 8.08. The molecule has 1 aromatic heterocycles. The summed E-state index contributed by atoms with van der Waals surface area (Å²) in [5, 5.41) is 0.440. The third kappa shape index (κ3) is 9.16. The number of benzene rings is 2. The summed E-state index contributed by atoms with van der Waals surface area (Å²) in [6, 6.07) is 9.17. The molecule has 0 spiro atoms. The Labute approximate surface area is 241 Å². The lowest BCUT2D eigenvalue weighted by atomic mass is 9.99. The van der Waals surface area contributed by atoms with E-state index in [1.54, 1.807) is 43.5 Å². The standard InChI is InChI=1S/C28H30FN2O7P.C2H6/c1-5-14-37-39(38-15-6-2)19-36-26-22-8-7-13-30-25(22)27(35-18-34-4)23(17-32)24(26)28(33)31(3)16-20-9-11-21(29)12-10-20;1-2/h5-13,17H,1-2,14-16,18-19H2,3-4H3;1-2H3. The fourth-order valence-electron chi connectivity index (χ4n) is 3.63. The van der Waals surface area contributed by atoms with Crippen LogP contribution in [0.5, 0.6) is 11.5 Å². The van der Waals surface area contributed by atoms with Gasteiger partial charge in [-0.3, -0.25) is 14.6 Å². The Morgan fingerprint density at radius 1 is 1.05 bits per heavy atom. The minimum atomic E-state index is -1.56. The average Bonchev–Trinajstić information content (AvgIpc) is 3.01. The van der Waals surface area contributed by atoms with E-state index in [-0.39, 0.29) is 61.3 Å². The van der Waals surface area contributed by atoms with Gasteiger partial charge in [0, 0.05) is 32.3 Å². The highest BCUT2D eigenvalue weighted by atomic mass is 31.2. The SMILES string of the molecule is C=CCOP(COc1c(C(=O)N(C)Cc2ccc(F)cc2)c(C=O)c(OCOC)c2ncccc12)OCC=C.CC. The van der Waals surface area contributed by atoms with Gasteiger partial charge >= 0.3 is 0 Å². The molecule has 9 nitrogen and oxygen atoms in total. The second kappa shape index (κ2) is 17.9. The van der Waals surface area contributed by atoms with E-state index in [0.717, 1.165) is 0 Å². The van der Waals surface area contributed by atoms with Gasteiger partial charge in [0.1, 0.15) is 17.1 Å². The Bertz CT molecular complexity index is 1290. The topological polar surface area (TPSA) is 96.4 Å². The predicted molar refractivity (Wildman–Crippen MR) is 158 cm³/mol. The van der Waals surface area contributed by atoms with Crippen molar-refractivity contribution in [3.63, 3.8) is 0 Å². The summed E-state index contributed by atoms with van der Waals surface area (Å²) in [4.78, 5) is 32.1. The zero-order valence-corrected chi connectivity index (χ0v) is 24.7. The van der Waals surface area contributed by atoms with Crippen LogP contribution in [0.15, 0.2) is 67.9 Å². The molecule has 41 heavy (non-hydrogen) atoms. The molecule has 0 unspecified atom stereocenters. The maximum absolute atomic E-state index is 13.9.